The van der Waals surface area contributed by atoms with Gasteiger partial charge in [0.15, 0.2) is 5.96 Å². The van der Waals surface area contributed by atoms with Crippen molar-refractivity contribution in [3.05, 3.63) is 65.0 Å². The second-order valence-electron chi connectivity index (χ2n) is 6.50. The third-order valence-corrected chi connectivity index (χ3v) is 4.71. The van der Waals surface area contributed by atoms with Crippen molar-refractivity contribution < 1.29 is 0 Å². The van der Waals surface area contributed by atoms with Crippen molar-refractivity contribution >= 4 is 29.9 Å². The number of halogens is 1. The Morgan fingerprint density at radius 3 is 2.54 bits per heavy atom. The Labute approximate surface area is 173 Å². The number of benzene rings is 1. The van der Waals surface area contributed by atoms with Crippen LogP contribution in [0.3, 0.4) is 0 Å². The maximum Gasteiger partial charge on any atom is 0.191 e. The molecule has 0 aliphatic heterocycles. The molecule has 0 saturated carbocycles. The van der Waals surface area contributed by atoms with Gasteiger partial charge in [0.2, 0.25) is 0 Å². The number of aliphatic imine (C=N–C) groups is 1. The predicted octanol–water partition coefficient (Wildman–Crippen LogP) is 3.55. The fraction of sp³-hybridized carbons (Fsp3) is 0.400. The van der Waals surface area contributed by atoms with E-state index in [1.54, 1.807) is 0 Å². The van der Waals surface area contributed by atoms with Crippen molar-refractivity contribution in [3.8, 4) is 0 Å². The van der Waals surface area contributed by atoms with Crippen molar-refractivity contribution in [3.63, 3.8) is 0 Å². The van der Waals surface area contributed by atoms with Gasteiger partial charge in [0.1, 0.15) is 0 Å². The molecular formula is C20H28IN5. The van der Waals surface area contributed by atoms with Crippen LogP contribution in [-0.2, 0) is 13.1 Å². The topological polar surface area (TPSA) is 54.2 Å². The Kier molecular flexibility index (Phi) is 7.68. The zero-order chi connectivity index (χ0) is 17.6. The SMILES string of the molecule is CN=C(NCc1c(C)nn(Cc2ccccc2)c1C)NC1CC=CC1.I. The molecule has 1 aliphatic rings. The van der Waals surface area contributed by atoms with E-state index in [2.05, 4.69) is 70.6 Å². The molecule has 140 valence electrons. The molecule has 0 fully saturated rings. The van der Waals surface area contributed by atoms with Gasteiger partial charge in [-0.3, -0.25) is 9.67 Å². The van der Waals surface area contributed by atoms with E-state index in [-0.39, 0.29) is 24.0 Å². The Morgan fingerprint density at radius 2 is 1.88 bits per heavy atom. The van der Waals surface area contributed by atoms with Crippen molar-refractivity contribution in [2.75, 3.05) is 7.05 Å². The molecule has 0 bridgehead atoms. The third kappa shape index (κ3) is 5.09. The number of rotatable bonds is 5. The summed E-state index contributed by atoms with van der Waals surface area (Å²) in [6.07, 6.45) is 6.56. The van der Waals surface area contributed by atoms with Crippen LogP contribution < -0.4 is 10.6 Å². The van der Waals surface area contributed by atoms with E-state index in [1.807, 2.05) is 13.1 Å². The first-order chi connectivity index (χ1) is 12.2. The molecule has 1 aromatic heterocycles. The van der Waals surface area contributed by atoms with Gasteiger partial charge in [-0.2, -0.15) is 5.10 Å². The van der Waals surface area contributed by atoms with Gasteiger partial charge in [0, 0.05) is 30.9 Å². The van der Waals surface area contributed by atoms with Crippen LogP contribution in [0.5, 0.6) is 0 Å². The second kappa shape index (κ2) is 9.75. The lowest BCUT2D eigenvalue weighted by atomic mass is 10.2. The number of nitrogens with one attached hydrogen (secondary N) is 2. The summed E-state index contributed by atoms with van der Waals surface area (Å²) in [4.78, 5) is 4.34. The number of hydrogen-bond donors (Lipinski definition) is 2. The smallest absolute Gasteiger partial charge is 0.191 e. The number of hydrogen-bond acceptors (Lipinski definition) is 2. The molecule has 0 radical (unpaired) electrons. The average Bonchev–Trinajstić information content (AvgIpc) is 3.22. The minimum Gasteiger partial charge on any atom is -0.353 e. The summed E-state index contributed by atoms with van der Waals surface area (Å²) >= 11 is 0. The van der Waals surface area contributed by atoms with Crippen LogP contribution in [0.15, 0.2) is 47.5 Å². The fourth-order valence-corrected chi connectivity index (χ4v) is 3.20. The molecular weight excluding hydrogens is 437 g/mol. The third-order valence-electron chi connectivity index (χ3n) is 4.71. The molecule has 6 heteroatoms. The number of nitrogens with zero attached hydrogens (tertiary/aromatic N) is 3. The molecule has 2 N–H and O–H groups in total. The molecule has 5 nitrogen and oxygen atoms in total. The van der Waals surface area contributed by atoms with E-state index in [0.717, 1.165) is 37.6 Å². The van der Waals surface area contributed by atoms with E-state index < -0.39 is 0 Å². The van der Waals surface area contributed by atoms with Crippen molar-refractivity contribution in [1.29, 1.82) is 0 Å². The standard InChI is InChI=1S/C20H27N5.HI/c1-15-19(13-22-20(21-3)23-18-11-7-8-12-18)16(2)25(24-15)14-17-9-5-4-6-10-17;/h4-10,18H,11-14H2,1-3H3,(H2,21,22,23);1H. The first-order valence-electron chi connectivity index (χ1n) is 8.86. The molecule has 1 aliphatic carbocycles. The highest BCUT2D eigenvalue weighted by Gasteiger charge is 2.14. The van der Waals surface area contributed by atoms with Crippen LogP contribution in [-0.4, -0.2) is 28.8 Å². The van der Waals surface area contributed by atoms with Gasteiger partial charge < -0.3 is 10.6 Å². The van der Waals surface area contributed by atoms with Crippen LogP contribution >= 0.6 is 24.0 Å². The molecule has 0 amide bonds. The van der Waals surface area contributed by atoms with Gasteiger partial charge >= 0.3 is 0 Å². The van der Waals surface area contributed by atoms with Crippen LogP contribution in [0.4, 0.5) is 0 Å². The Bertz CT molecular complexity index is 756. The van der Waals surface area contributed by atoms with Crippen LogP contribution in [0, 0.1) is 13.8 Å². The fourth-order valence-electron chi connectivity index (χ4n) is 3.20. The average molecular weight is 465 g/mol. The summed E-state index contributed by atoms with van der Waals surface area (Å²) in [5.41, 5.74) is 4.77. The van der Waals surface area contributed by atoms with E-state index >= 15 is 0 Å². The maximum absolute atomic E-state index is 4.72. The molecule has 0 saturated heterocycles. The predicted molar refractivity (Wildman–Crippen MR) is 118 cm³/mol. The lowest BCUT2D eigenvalue weighted by Crippen LogP contribution is -2.42. The van der Waals surface area contributed by atoms with Gasteiger partial charge in [-0.05, 0) is 32.3 Å². The Balaban J connectivity index is 0.00000243. The minimum absolute atomic E-state index is 0. The Hall–Kier alpha value is -1.83. The summed E-state index contributed by atoms with van der Waals surface area (Å²) in [5.74, 6) is 0.850. The summed E-state index contributed by atoms with van der Waals surface area (Å²) in [7, 11) is 1.82. The van der Waals surface area contributed by atoms with Gasteiger partial charge in [-0.1, -0.05) is 42.5 Å². The second-order valence-corrected chi connectivity index (χ2v) is 6.50. The van der Waals surface area contributed by atoms with Crippen molar-refractivity contribution in [2.45, 2.75) is 45.8 Å². The van der Waals surface area contributed by atoms with E-state index in [1.165, 1.54) is 16.8 Å². The number of aromatic nitrogens is 2. The van der Waals surface area contributed by atoms with Crippen molar-refractivity contribution in [2.24, 2.45) is 4.99 Å². The highest BCUT2D eigenvalue weighted by Crippen LogP contribution is 2.15. The Morgan fingerprint density at radius 1 is 1.19 bits per heavy atom. The van der Waals surface area contributed by atoms with Gasteiger partial charge in [-0.25, -0.2) is 0 Å². The lowest BCUT2D eigenvalue weighted by molar-refractivity contribution is 0.632. The molecule has 2 aromatic rings. The summed E-state index contributed by atoms with van der Waals surface area (Å²) < 4.78 is 2.08. The lowest BCUT2D eigenvalue weighted by Gasteiger charge is -2.17. The van der Waals surface area contributed by atoms with E-state index in [9.17, 15) is 0 Å². The largest absolute Gasteiger partial charge is 0.353 e. The van der Waals surface area contributed by atoms with Gasteiger partial charge in [0.05, 0.1) is 12.2 Å². The summed E-state index contributed by atoms with van der Waals surface area (Å²) in [6.45, 7) is 5.74. The monoisotopic (exact) mass is 465 g/mol. The molecule has 1 heterocycles. The number of guanidine groups is 1. The quantitative estimate of drug-likeness (QED) is 0.308. The van der Waals surface area contributed by atoms with Crippen LogP contribution in [0.2, 0.25) is 0 Å². The molecule has 0 atom stereocenters. The minimum atomic E-state index is 0. The first kappa shape index (κ1) is 20.5. The maximum atomic E-state index is 4.72. The highest BCUT2D eigenvalue weighted by atomic mass is 127. The van der Waals surface area contributed by atoms with Crippen molar-refractivity contribution in [1.82, 2.24) is 20.4 Å². The molecule has 26 heavy (non-hydrogen) atoms. The zero-order valence-corrected chi connectivity index (χ0v) is 18.0. The molecule has 0 unspecified atom stereocenters. The number of aryl methyl sites for hydroxylation is 1. The van der Waals surface area contributed by atoms with E-state index in [0.29, 0.717) is 6.04 Å². The van der Waals surface area contributed by atoms with Crippen LogP contribution in [0.1, 0.15) is 35.4 Å². The molecule has 3 rings (SSSR count). The van der Waals surface area contributed by atoms with Gasteiger partial charge in [-0.15, -0.1) is 24.0 Å². The first-order valence-corrected chi connectivity index (χ1v) is 8.86. The van der Waals surface area contributed by atoms with Gasteiger partial charge in [0.25, 0.3) is 0 Å². The van der Waals surface area contributed by atoms with Crippen LogP contribution in [0.25, 0.3) is 0 Å². The zero-order valence-electron chi connectivity index (χ0n) is 15.7. The summed E-state index contributed by atoms with van der Waals surface area (Å²) in [6, 6.07) is 10.9. The van der Waals surface area contributed by atoms with E-state index in [4.69, 9.17) is 5.10 Å². The normalized spacial score (nSPS) is 14.3. The highest BCUT2D eigenvalue weighted by molar-refractivity contribution is 14.0. The summed E-state index contributed by atoms with van der Waals surface area (Å²) in [5, 5.41) is 11.6. The molecule has 1 aromatic carbocycles. The molecule has 0 spiro atoms.